The summed E-state index contributed by atoms with van der Waals surface area (Å²) < 4.78 is 19.4. The van der Waals surface area contributed by atoms with Gasteiger partial charge in [-0.25, -0.2) is 4.21 Å². The number of rotatable bonds is 3. The summed E-state index contributed by atoms with van der Waals surface area (Å²) in [6.07, 6.45) is 2.23. The van der Waals surface area contributed by atoms with Gasteiger partial charge in [-0.05, 0) is 30.2 Å². The fourth-order valence-electron chi connectivity index (χ4n) is 4.26. The first kappa shape index (κ1) is 16.1. The largest absolute Gasteiger partial charge is 0.298 e. The van der Waals surface area contributed by atoms with E-state index < -0.39 is 9.73 Å². The number of hydrogen-bond donors (Lipinski definition) is 1. The Morgan fingerprint density at radius 3 is 2.33 bits per heavy atom. The van der Waals surface area contributed by atoms with Gasteiger partial charge in [0, 0.05) is 48.2 Å². The minimum Gasteiger partial charge on any atom is -0.298 e. The van der Waals surface area contributed by atoms with Crippen molar-refractivity contribution in [2.45, 2.75) is 19.4 Å². The molecule has 4 rings (SSSR count). The second kappa shape index (κ2) is 6.48. The summed E-state index contributed by atoms with van der Waals surface area (Å²) in [4.78, 5) is 2.58. The number of fused-ring (bicyclic) bond motifs is 1. The minimum atomic E-state index is -2.32. The van der Waals surface area contributed by atoms with Crippen LogP contribution in [-0.2, 0) is 16.3 Å². The average Bonchev–Trinajstić information content (AvgIpc) is 3.08. The molecule has 1 aromatic rings. The van der Waals surface area contributed by atoms with Gasteiger partial charge in [-0.3, -0.25) is 14.7 Å². The average molecular weight is 347 g/mol. The van der Waals surface area contributed by atoms with Crippen LogP contribution in [0.4, 0.5) is 0 Å². The summed E-state index contributed by atoms with van der Waals surface area (Å²) in [5.74, 6) is 2.44. The maximum absolute atomic E-state index is 11.7. The predicted octanol–water partition coefficient (Wildman–Crippen LogP) is 2.25. The first-order valence-corrected chi connectivity index (χ1v) is 10.8. The molecule has 2 heterocycles. The summed E-state index contributed by atoms with van der Waals surface area (Å²) in [6, 6.07) is 10.7. The third-order valence-corrected chi connectivity index (χ3v) is 7.22. The van der Waals surface area contributed by atoms with Crippen LogP contribution in [0.5, 0.6) is 0 Å². The lowest BCUT2D eigenvalue weighted by molar-refractivity contribution is 0.304. The van der Waals surface area contributed by atoms with Gasteiger partial charge in [0.1, 0.15) is 0 Å². The predicted molar refractivity (Wildman–Crippen MR) is 97.5 cm³/mol. The fourth-order valence-corrected chi connectivity index (χ4v) is 5.47. The normalized spacial score (nSPS) is 29.7. The molecular formula is C18H26N4OS. The van der Waals surface area contributed by atoms with Gasteiger partial charge in [-0.1, -0.05) is 30.3 Å². The Labute approximate surface area is 144 Å². The third kappa shape index (κ3) is 3.64. The Bertz CT molecular complexity index is 686. The van der Waals surface area contributed by atoms with Crippen LogP contribution in [0.2, 0.25) is 0 Å². The zero-order chi connectivity index (χ0) is 16.6. The van der Waals surface area contributed by atoms with E-state index >= 15 is 0 Å². The summed E-state index contributed by atoms with van der Waals surface area (Å²) >= 11 is 0. The van der Waals surface area contributed by atoms with Gasteiger partial charge in [0.2, 0.25) is 0 Å². The molecule has 5 nitrogen and oxygen atoms in total. The molecule has 0 spiro atoms. The zero-order valence-electron chi connectivity index (χ0n) is 14.1. The first-order valence-electron chi connectivity index (χ1n) is 8.89. The highest BCUT2D eigenvalue weighted by Gasteiger charge is 2.39. The van der Waals surface area contributed by atoms with Crippen molar-refractivity contribution < 1.29 is 4.21 Å². The molecular weight excluding hydrogens is 320 g/mol. The second-order valence-corrected chi connectivity index (χ2v) is 9.89. The number of nitrogens with zero attached hydrogens (tertiary/aromatic N) is 3. The van der Waals surface area contributed by atoms with Crippen molar-refractivity contribution >= 4 is 15.4 Å². The molecule has 1 saturated carbocycles. The summed E-state index contributed by atoms with van der Waals surface area (Å²) in [7, 11) is -2.32. The van der Waals surface area contributed by atoms with E-state index in [4.69, 9.17) is 9.88 Å². The topological polar surface area (TPSA) is 59.8 Å². The van der Waals surface area contributed by atoms with Gasteiger partial charge in [-0.15, -0.1) is 0 Å². The summed E-state index contributed by atoms with van der Waals surface area (Å²) in [6.45, 7) is 4.78. The first-order chi connectivity index (χ1) is 11.6. The Balaban J connectivity index is 1.31. The molecule has 0 amide bonds. The van der Waals surface area contributed by atoms with Crippen molar-refractivity contribution in [3.8, 4) is 0 Å². The van der Waals surface area contributed by atoms with Gasteiger partial charge in [0.25, 0.3) is 0 Å². The monoisotopic (exact) mass is 346 g/mol. The highest BCUT2D eigenvalue weighted by molar-refractivity contribution is 7.92. The smallest absolute Gasteiger partial charge is 0.0508 e. The molecule has 0 bridgehead atoms. The van der Waals surface area contributed by atoms with Crippen LogP contribution in [0.1, 0.15) is 18.4 Å². The molecule has 1 aromatic carbocycles. The van der Waals surface area contributed by atoms with Crippen LogP contribution >= 0.6 is 0 Å². The molecule has 1 N–H and O–H groups in total. The van der Waals surface area contributed by atoms with Gasteiger partial charge < -0.3 is 0 Å². The molecule has 6 heteroatoms. The van der Waals surface area contributed by atoms with Crippen molar-refractivity contribution in [2.75, 3.05) is 37.7 Å². The van der Waals surface area contributed by atoms with Crippen molar-refractivity contribution in [3.05, 3.63) is 35.9 Å². The molecule has 130 valence electrons. The number of benzene rings is 1. The zero-order valence-corrected chi connectivity index (χ0v) is 14.9. The Hall–Kier alpha value is -1.40. The Kier molecular flexibility index (Phi) is 4.35. The van der Waals surface area contributed by atoms with Crippen LogP contribution in [0, 0.1) is 16.6 Å². The molecule has 24 heavy (non-hydrogen) atoms. The van der Waals surface area contributed by atoms with Gasteiger partial charge in [-0.2, -0.15) is 5.10 Å². The SMILES string of the molecule is N=S1(=O)CCN(N=C2C[C@@H]3CN(Cc4ccccc4)C[C@H]3C2)CC1. The quantitative estimate of drug-likeness (QED) is 0.913. The maximum Gasteiger partial charge on any atom is 0.0508 e. The van der Waals surface area contributed by atoms with Gasteiger partial charge >= 0.3 is 0 Å². The molecule has 2 saturated heterocycles. The standard InChI is InChI=1S/C18H26N4OS/c19-24(23)8-6-22(7-9-24)20-18-10-16-13-21(14-17(16)11-18)12-15-4-2-1-3-5-15/h1-5,16-17,19H,6-14H2/t16-,17-/m1/s1. The van der Waals surface area contributed by atoms with E-state index in [-0.39, 0.29) is 0 Å². The van der Waals surface area contributed by atoms with E-state index in [1.807, 2.05) is 0 Å². The van der Waals surface area contributed by atoms with Gasteiger partial charge in [0.15, 0.2) is 0 Å². The number of likely N-dealkylation sites (tertiary alicyclic amines) is 1. The fraction of sp³-hybridized carbons (Fsp3) is 0.611. The van der Waals surface area contributed by atoms with Crippen LogP contribution in [0.25, 0.3) is 0 Å². The highest BCUT2D eigenvalue weighted by Crippen LogP contribution is 2.37. The van der Waals surface area contributed by atoms with Crippen molar-refractivity contribution in [2.24, 2.45) is 16.9 Å². The van der Waals surface area contributed by atoms with Gasteiger partial charge in [0.05, 0.1) is 11.5 Å². The highest BCUT2D eigenvalue weighted by atomic mass is 32.2. The van der Waals surface area contributed by atoms with E-state index in [0.717, 1.165) is 31.2 Å². The van der Waals surface area contributed by atoms with E-state index in [1.165, 1.54) is 24.4 Å². The van der Waals surface area contributed by atoms with E-state index in [1.54, 1.807) is 0 Å². The molecule has 0 unspecified atom stereocenters. The molecule has 3 aliphatic rings. The number of hydrazone groups is 1. The van der Waals surface area contributed by atoms with E-state index in [9.17, 15) is 4.21 Å². The van der Waals surface area contributed by atoms with Crippen LogP contribution in [0.15, 0.2) is 35.4 Å². The Morgan fingerprint density at radius 1 is 1.08 bits per heavy atom. The maximum atomic E-state index is 11.7. The lowest BCUT2D eigenvalue weighted by Gasteiger charge is -2.26. The van der Waals surface area contributed by atoms with E-state index in [0.29, 0.717) is 24.6 Å². The third-order valence-electron chi connectivity index (χ3n) is 5.54. The minimum absolute atomic E-state index is 0.474. The summed E-state index contributed by atoms with van der Waals surface area (Å²) in [5, 5.41) is 6.87. The molecule has 3 fully saturated rings. The van der Waals surface area contributed by atoms with E-state index in [2.05, 4.69) is 40.2 Å². The number of hydrogen-bond acceptors (Lipinski definition) is 5. The Morgan fingerprint density at radius 2 is 1.71 bits per heavy atom. The second-order valence-electron chi connectivity index (χ2n) is 7.45. The molecule has 2 atom stereocenters. The van der Waals surface area contributed by atoms with Crippen molar-refractivity contribution in [3.63, 3.8) is 0 Å². The molecule has 2 aliphatic heterocycles. The lowest BCUT2D eigenvalue weighted by atomic mass is 10.0. The molecule has 1 aliphatic carbocycles. The molecule has 0 aromatic heterocycles. The van der Waals surface area contributed by atoms with Crippen molar-refractivity contribution in [1.29, 1.82) is 4.78 Å². The van der Waals surface area contributed by atoms with Crippen LogP contribution < -0.4 is 0 Å². The number of nitrogens with one attached hydrogen (secondary N) is 1. The molecule has 0 radical (unpaired) electrons. The van der Waals surface area contributed by atoms with Crippen LogP contribution in [-0.4, -0.2) is 57.5 Å². The van der Waals surface area contributed by atoms with Crippen LogP contribution in [0.3, 0.4) is 0 Å². The van der Waals surface area contributed by atoms with Crippen molar-refractivity contribution in [1.82, 2.24) is 9.91 Å². The lowest BCUT2D eigenvalue weighted by Crippen LogP contribution is -2.37. The summed E-state index contributed by atoms with van der Waals surface area (Å²) in [5.41, 5.74) is 2.72.